The maximum absolute atomic E-state index is 13.2. The Morgan fingerprint density at radius 3 is 2.50 bits per heavy atom. The number of pyridine rings is 1. The zero-order chi connectivity index (χ0) is 26.2. The smallest absolute Gasteiger partial charge is 0.253 e. The number of aryl methyl sites for hydroxylation is 1. The zero-order valence-corrected chi connectivity index (χ0v) is 22.1. The lowest BCUT2D eigenvalue weighted by molar-refractivity contribution is 0.0664. The average Bonchev–Trinajstić information content (AvgIpc) is 2.96. The molecule has 1 fully saturated rings. The van der Waals surface area contributed by atoms with Gasteiger partial charge in [-0.1, -0.05) is 6.07 Å². The number of methoxy groups -OCH3 is 1. The van der Waals surface area contributed by atoms with Crippen LogP contribution in [0.15, 0.2) is 55.0 Å². The number of piperazine rings is 1. The molecule has 0 atom stereocenters. The number of carbonyl (C=O) groups excluding carboxylic acids is 1. The number of anilines is 1. The summed E-state index contributed by atoms with van der Waals surface area (Å²) in [6.45, 7) is 7.03. The van der Waals surface area contributed by atoms with E-state index in [0.29, 0.717) is 12.4 Å². The lowest BCUT2D eigenvalue weighted by atomic mass is 9.96. The Labute approximate surface area is 222 Å². The highest BCUT2D eigenvalue weighted by Gasteiger charge is 2.24. The van der Waals surface area contributed by atoms with Crippen LogP contribution in [0.25, 0.3) is 22.0 Å². The van der Waals surface area contributed by atoms with E-state index >= 15 is 0 Å². The SMILES string of the molecule is COc1ccc(-c2cc(C)c3ncnc(N4CCc5ccc(C(=O)N6CCN(C)CC6)cc5C4)c3c2)cn1. The highest BCUT2D eigenvalue weighted by molar-refractivity contribution is 5.96. The number of carbonyl (C=O) groups is 1. The van der Waals surface area contributed by atoms with Gasteiger partial charge in [-0.15, -0.1) is 0 Å². The van der Waals surface area contributed by atoms with Crippen LogP contribution in [0.2, 0.25) is 0 Å². The third-order valence-corrected chi connectivity index (χ3v) is 7.74. The van der Waals surface area contributed by atoms with Crippen molar-refractivity contribution in [1.29, 1.82) is 0 Å². The lowest BCUT2D eigenvalue weighted by Crippen LogP contribution is -2.47. The van der Waals surface area contributed by atoms with Crippen LogP contribution in [0.1, 0.15) is 27.0 Å². The van der Waals surface area contributed by atoms with Gasteiger partial charge in [0.25, 0.3) is 5.91 Å². The molecular weight excluding hydrogens is 476 g/mol. The van der Waals surface area contributed by atoms with E-state index in [1.165, 1.54) is 11.1 Å². The third kappa shape index (κ3) is 4.56. The van der Waals surface area contributed by atoms with Crippen molar-refractivity contribution < 1.29 is 9.53 Å². The number of nitrogens with zero attached hydrogens (tertiary/aromatic N) is 6. The first-order chi connectivity index (χ1) is 18.5. The molecule has 2 aromatic carbocycles. The van der Waals surface area contributed by atoms with Crippen molar-refractivity contribution in [3.63, 3.8) is 0 Å². The van der Waals surface area contributed by atoms with Crippen LogP contribution < -0.4 is 9.64 Å². The molecule has 4 heterocycles. The van der Waals surface area contributed by atoms with Crippen molar-refractivity contribution in [2.75, 3.05) is 51.8 Å². The van der Waals surface area contributed by atoms with E-state index in [1.807, 2.05) is 29.3 Å². The summed E-state index contributed by atoms with van der Waals surface area (Å²) in [5, 5.41) is 1.02. The van der Waals surface area contributed by atoms with Crippen molar-refractivity contribution in [3.8, 4) is 17.0 Å². The van der Waals surface area contributed by atoms with Gasteiger partial charge in [-0.2, -0.15) is 0 Å². The number of aromatic nitrogens is 3. The fourth-order valence-electron chi connectivity index (χ4n) is 5.49. The minimum Gasteiger partial charge on any atom is -0.481 e. The largest absolute Gasteiger partial charge is 0.481 e. The summed E-state index contributed by atoms with van der Waals surface area (Å²) < 4.78 is 5.22. The van der Waals surface area contributed by atoms with Gasteiger partial charge in [0.1, 0.15) is 12.1 Å². The number of rotatable bonds is 4. The standard InChI is InChI=1S/C30H32N6O2/c1-20-14-24(23-6-7-27(38-3)31-17-23)16-26-28(20)32-19-33-29(26)36-9-8-21-4-5-22(15-25(21)18-36)30(37)35-12-10-34(2)11-13-35/h4-7,14-17,19H,8-13,18H2,1-3H3. The van der Waals surface area contributed by atoms with Crippen LogP contribution in [0, 0.1) is 6.92 Å². The van der Waals surface area contributed by atoms with Gasteiger partial charge < -0.3 is 19.4 Å². The summed E-state index contributed by atoms with van der Waals surface area (Å²) in [5.74, 6) is 1.63. The van der Waals surface area contributed by atoms with Gasteiger partial charge in [0, 0.05) is 68.0 Å². The lowest BCUT2D eigenvalue weighted by Gasteiger charge is -2.33. The topological polar surface area (TPSA) is 74.7 Å². The predicted octanol–water partition coefficient (Wildman–Crippen LogP) is 3.96. The van der Waals surface area contributed by atoms with E-state index in [4.69, 9.17) is 9.72 Å². The monoisotopic (exact) mass is 508 g/mol. The van der Waals surface area contributed by atoms with Crippen LogP contribution in [0.4, 0.5) is 5.82 Å². The Balaban J connectivity index is 1.31. The number of hydrogen-bond donors (Lipinski definition) is 0. The number of likely N-dealkylation sites (N-methyl/N-ethyl adjacent to an activating group) is 1. The number of benzene rings is 2. The van der Waals surface area contributed by atoms with Crippen LogP contribution in [-0.2, 0) is 13.0 Å². The van der Waals surface area contributed by atoms with Crippen molar-refractivity contribution in [1.82, 2.24) is 24.8 Å². The van der Waals surface area contributed by atoms with E-state index in [1.54, 1.807) is 13.4 Å². The summed E-state index contributed by atoms with van der Waals surface area (Å²) in [4.78, 5) is 33.5. The minimum atomic E-state index is 0.124. The second kappa shape index (κ2) is 10.0. The van der Waals surface area contributed by atoms with Crippen LogP contribution in [0.5, 0.6) is 5.88 Å². The Kier molecular flexibility index (Phi) is 6.41. The molecule has 2 aliphatic rings. The first-order valence-corrected chi connectivity index (χ1v) is 13.1. The molecule has 6 rings (SSSR count). The van der Waals surface area contributed by atoms with Crippen molar-refractivity contribution in [2.24, 2.45) is 0 Å². The van der Waals surface area contributed by atoms with E-state index < -0.39 is 0 Å². The molecule has 0 spiro atoms. The van der Waals surface area contributed by atoms with Crippen molar-refractivity contribution in [3.05, 3.63) is 77.2 Å². The minimum absolute atomic E-state index is 0.124. The first kappa shape index (κ1) is 24.3. The summed E-state index contributed by atoms with van der Waals surface area (Å²) in [6.07, 6.45) is 4.39. The van der Waals surface area contributed by atoms with E-state index in [9.17, 15) is 4.79 Å². The molecule has 1 amide bonds. The first-order valence-electron chi connectivity index (χ1n) is 13.1. The highest BCUT2D eigenvalue weighted by Crippen LogP contribution is 2.33. The van der Waals surface area contributed by atoms with Gasteiger partial charge in [0.2, 0.25) is 5.88 Å². The molecule has 1 saturated heterocycles. The fourth-order valence-corrected chi connectivity index (χ4v) is 5.49. The van der Waals surface area contributed by atoms with Gasteiger partial charge in [-0.25, -0.2) is 15.0 Å². The van der Waals surface area contributed by atoms with E-state index in [0.717, 1.165) is 78.1 Å². The predicted molar refractivity (Wildman–Crippen MR) is 149 cm³/mol. The van der Waals surface area contributed by atoms with Crippen LogP contribution in [0.3, 0.4) is 0 Å². The molecule has 0 saturated carbocycles. The number of ether oxygens (including phenoxy) is 1. The van der Waals surface area contributed by atoms with Gasteiger partial charge in [-0.3, -0.25) is 4.79 Å². The summed E-state index contributed by atoms with van der Waals surface area (Å²) in [6, 6.07) is 14.4. The molecular formula is C30H32N6O2. The van der Waals surface area contributed by atoms with Gasteiger partial charge >= 0.3 is 0 Å². The van der Waals surface area contributed by atoms with Crippen molar-refractivity contribution in [2.45, 2.75) is 19.9 Å². The van der Waals surface area contributed by atoms with Gasteiger partial charge in [0.05, 0.1) is 12.6 Å². The summed E-state index contributed by atoms with van der Waals surface area (Å²) >= 11 is 0. The molecule has 8 heteroatoms. The molecule has 4 aromatic rings. The summed E-state index contributed by atoms with van der Waals surface area (Å²) in [7, 11) is 3.72. The molecule has 0 aliphatic carbocycles. The zero-order valence-electron chi connectivity index (χ0n) is 22.1. The summed E-state index contributed by atoms with van der Waals surface area (Å²) in [5.41, 5.74) is 7.39. The van der Waals surface area contributed by atoms with E-state index in [-0.39, 0.29) is 5.91 Å². The molecule has 2 aromatic heterocycles. The second-order valence-corrected chi connectivity index (χ2v) is 10.2. The highest BCUT2D eigenvalue weighted by atomic mass is 16.5. The molecule has 194 valence electrons. The number of fused-ring (bicyclic) bond motifs is 2. The quantitative estimate of drug-likeness (QED) is 0.413. The fraction of sp³-hybridized carbons (Fsp3) is 0.333. The Morgan fingerprint density at radius 2 is 1.74 bits per heavy atom. The Bertz CT molecular complexity index is 1500. The second-order valence-electron chi connectivity index (χ2n) is 10.2. The molecule has 0 unspecified atom stereocenters. The number of hydrogen-bond acceptors (Lipinski definition) is 7. The molecule has 0 bridgehead atoms. The van der Waals surface area contributed by atoms with Gasteiger partial charge in [-0.05, 0) is 73.0 Å². The van der Waals surface area contributed by atoms with Gasteiger partial charge in [0.15, 0.2) is 0 Å². The van der Waals surface area contributed by atoms with Crippen LogP contribution in [-0.4, -0.2) is 77.5 Å². The Morgan fingerprint density at radius 1 is 0.895 bits per heavy atom. The molecule has 2 aliphatic heterocycles. The molecule has 8 nitrogen and oxygen atoms in total. The third-order valence-electron chi connectivity index (χ3n) is 7.74. The molecule has 0 radical (unpaired) electrons. The molecule has 0 N–H and O–H groups in total. The maximum Gasteiger partial charge on any atom is 0.253 e. The van der Waals surface area contributed by atoms with E-state index in [2.05, 4.69) is 58.0 Å². The van der Waals surface area contributed by atoms with Crippen molar-refractivity contribution >= 4 is 22.6 Å². The normalized spacial score (nSPS) is 16.0. The molecule has 38 heavy (non-hydrogen) atoms. The maximum atomic E-state index is 13.2. The number of amides is 1. The Hall–Kier alpha value is -4.04. The van der Waals surface area contributed by atoms with Crippen LogP contribution >= 0.6 is 0 Å². The average molecular weight is 509 g/mol.